The number of benzene rings is 2. The highest BCUT2D eigenvalue weighted by Crippen LogP contribution is 2.33. The number of esters is 1. The minimum absolute atomic E-state index is 0.297. The van der Waals surface area contributed by atoms with Crippen LogP contribution in [0.2, 0.25) is 5.02 Å². The van der Waals surface area contributed by atoms with E-state index in [4.69, 9.17) is 16.3 Å². The Labute approximate surface area is 159 Å². The molecule has 2 aromatic carbocycles. The van der Waals surface area contributed by atoms with E-state index in [9.17, 15) is 4.79 Å². The van der Waals surface area contributed by atoms with E-state index < -0.39 is 5.97 Å². The molecular formula is C20H15BrClNO2. The number of carbonyl (C=O) groups is 1. The normalized spacial score (nSPS) is 10.5. The van der Waals surface area contributed by atoms with Crippen molar-refractivity contribution in [3.63, 3.8) is 0 Å². The SMILES string of the molecule is CCOC(=O)c1c(-c2ccc(Cl)cc2)cc(-c2ccccc2)nc1Br. The summed E-state index contributed by atoms with van der Waals surface area (Å²) >= 11 is 9.44. The Morgan fingerprint density at radius 2 is 1.76 bits per heavy atom. The fraction of sp³-hybridized carbons (Fsp3) is 0.100. The van der Waals surface area contributed by atoms with Crippen LogP contribution in [0.25, 0.3) is 22.4 Å². The molecule has 5 heteroatoms. The van der Waals surface area contributed by atoms with Crippen LogP contribution in [0.5, 0.6) is 0 Å². The van der Waals surface area contributed by atoms with Crippen LogP contribution in [-0.2, 0) is 4.74 Å². The number of aromatic nitrogens is 1. The lowest BCUT2D eigenvalue weighted by Crippen LogP contribution is -2.09. The molecule has 0 spiro atoms. The van der Waals surface area contributed by atoms with E-state index in [0.29, 0.717) is 21.8 Å². The van der Waals surface area contributed by atoms with Crippen molar-refractivity contribution < 1.29 is 9.53 Å². The number of halogens is 2. The van der Waals surface area contributed by atoms with Crippen LogP contribution in [0.3, 0.4) is 0 Å². The zero-order valence-electron chi connectivity index (χ0n) is 13.5. The third-order valence-corrected chi connectivity index (χ3v) is 4.51. The molecule has 0 amide bonds. The maximum Gasteiger partial charge on any atom is 0.341 e. The third-order valence-electron chi connectivity index (χ3n) is 3.68. The molecule has 0 N–H and O–H groups in total. The van der Waals surface area contributed by atoms with Crippen molar-refractivity contribution in [2.75, 3.05) is 6.61 Å². The summed E-state index contributed by atoms with van der Waals surface area (Å²) in [4.78, 5) is 17.0. The van der Waals surface area contributed by atoms with Crippen LogP contribution < -0.4 is 0 Å². The Morgan fingerprint density at radius 3 is 2.40 bits per heavy atom. The van der Waals surface area contributed by atoms with Crippen molar-refractivity contribution >= 4 is 33.5 Å². The van der Waals surface area contributed by atoms with Crippen molar-refractivity contribution in [3.05, 3.63) is 75.9 Å². The monoisotopic (exact) mass is 415 g/mol. The van der Waals surface area contributed by atoms with Gasteiger partial charge in [-0.25, -0.2) is 9.78 Å². The van der Waals surface area contributed by atoms with Crippen LogP contribution in [0.15, 0.2) is 65.3 Å². The summed E-state index contributed by atoms with van der Waals surface area (Å²) in [6.07, 6.45) is 0. The third kappa shape index (κ3) is 3.91. The van der Waals surface area contributed by atoms with Gasteiger partial charge in [0.2, 0.25) is 0 Å². The summed E-state index contributed by atoms with van der Waals surface area (Å²) in [5, 5.41) is 0.637. The van der Waals surface area contributed by atoms with Gasteiger partial charge in [-0.1, -0.05) is 54.1 Å². The summed E-state index contributed by atoms with van der Waals surface area (Å²) in [5.74, 6) is -0.411. The van der Waals surface area contributed by atoms with E-state index in [1.54, 1.807) is 19.1 Å². The fourth-order valence-corrected chi connectivity index (χ4v) is 3.22. The summed E-state index contributed by atoms with van der Waals surface area (Å²) in [5.41, 5.74) is 3.76. The zero-order valence-corrected chi connectivity index (χ0v) is 15.8. The highest BCUT2D eigenvalue weighted by Gasteiger charge is 2.21. The Morgan fingerprint density at radius 1 is 1.08 bits per heavy atom. The van der Waals surface area contributed by atoms with Gasteiger partial charge in [0.1, 0.15) is 10.2 Å². The van der Waals surface area contributed by atoms with Crippen molar-refractivity contribution in [2.24, 2.45) is 0 Å². The van der Waals surface area contributed by atoms with Crippen LogP contribution in [-0.4, -0.2) is 17.6 Å². The lowest BCUT2D eigenvalue weighted by atomic mass is 9.99. The number of hydrogen-bond acceptors (Lipinski definition) is 3. The first-order valence-corrected chi connectivity index (χ1v) is 8.96. The van der Waals surface area contributed by atoms with Gasteiger partial charge in [0, 0.05) is 16.1 Å². The molecule has 0 bridgehead atoms. The maximum atomic E-state index is 12.5. The first-order valence-electron chi connectivity index (χ1n) is 7.79. The second-order valence-corrected chi connectivity index (χ2v) is 6.50. The fourth-order valence-electron chi connectivity index (χ4n) is 2.53. The molecular weight excluding hydrogens is 402 g/mol. The number of nitrogens with zero attached hydrogens (tertiary/aromatic N) is 1. The van der Waals surface area contributed by atoms with E-state index in [-0.39, 0.29) is 0 Å². The van der Waals surface area contributed by atoms with Gasteiger partial charge in [-0.2, -0.15) is 0 Å². The molecule has 0 aliphatic rings. The van der Waals surface area contributed by atoms with Crippen molar-refractivity contribution in [3.8, 4) is 22.4 Å². The summed E-state index contributed by atoms with van der Waals surface area (Å²) < 4.78 is 5.66. The highest BCUT2D eigenvalue weighted by atomic mass is 79.9. The second-order valence-electron chi connectivity index (χ2n) is 5.31. The highest BCUT2D eigenvalue weighted by molar-refractivity contribution is 9.10. The second kappa shape index (κ2) is 7.81. The van der Waals surface area contributed by atoms with Gasteiger partial charge in [0.05, 0.1) is 12.3 Å². The molecule has 0 radical (unpaired) electrons. The standard InChI is InChI=1S/C20H15BrClNO2/c1-2-25-20(24)18-16(13-8-10-15(22)11-9-13)12-17(23-19(18)21)14-6-4-3-5-7-14/h3-12H,2H2,1H3. The molecule has 0 fully saturated rings. The molecule has 0 atom stereocenters. The number of pyridine rings is 1. The van der Waals surface area contributed by atoms with E-state index in [1.807, 2.05) is 48.5 Å². The molecule has 1 aromatic heterocycles. The van der Waals surface area contributed by atoms with Gasteiger partial charge in [0.25, 0.3) is 0 Å². The van der Waals surface area contributed by atoms with Gasteiger partial charge in [-0.05, 0) is 46.6 Å². The van der Waals surface area contributed by atoms with E-state index in [1.165, 1.54) is 0 Å². The van der Waals surface area contributed by atoms with Crippen LogP contribution in [0.1, 0.15) is 17.3 Å². The molecule has 0 saturated heterocycles. The van der Waals surface area contributed by atoms with Gasteiger partial charge < -0.3 is 4.74 Å². The predicted molar refractivity (Wildman–Crippen MR) is 104 cm³/mol. The molecule has 0 aliphatic heterocycles. The van der Waals surface area contributed by atoms with Crippen LogP contribution in [0.4, 0.5) is 0 Å². The zero-order chi connectivity index (χ0) is 17.8. The number of carbonyl (C=O) groups excluding carboxylic acids is 1. The minimum atomic E-state index is -0.411. The van der Waals surface area contributed by atoms with Gasteiger partial charge in [-0.3, -0.25) is 0 Å². The first kappa shape index (κ1) is 17.6. The molecule has 0 aliphatic carbocycles. The van der Waals surface area contributed by atoms with Crippen LogP contribution in [0, 0.1) is 0 Å². The smallest absolute Gasteiger partial charge is 0.341 e. The molecule has 0 unspecified atom stereocenters. The van der Waals surface area contributed by atoms with Gasteiger partial charge in [-0.15, -0.1) is 0 Å². The molecule has 3 aromatic rings. The Balaban J connectivity index is 2.21. The lowest BCUT2D eigenvalue weighted by molar-refractivity contribution is 0.0525. The van der Waals surface area contributed by atoms with E-state index in [2.05, 4.69) is 20.9 Å². The minimum Gasteiger partial charge on any atom is -0.462 e. The van der Waals surface area contributed by atoms with Crippen LogP contribution >= 0.6 is 27.5 Å². The average molecular weight is 417 g/mol. The average Bonchev–Trinajstić information content (AvgIpc) is 2.62. The van der Waals surface area contributed by atoms with E-state index in [0.717, 1.165) is 22.4 Å². The summed E-state index contributed by atoms with van der Waals surface area (Å²) in [6, 6.07) is 19.0. The first-order chi connectivity index (χ1) is 12.1. The topological polar surface area (TPSA) is 39.2 Å². The predicted octanol–water partition coefficient (Wildman–Crippen LogP) is 6.01. The molecule has 1 heterocycles. The number of ether oxygens (including phenoxy) is 1. The van der Waals surface area contributed by atoms with Crippen molar-refractivity contribution in [1.82, 2.24) is 4.98 Å². The Bertz CT molecular complexity index is 896. The summed E-state index contributed by atoms with van der Waals surface area (Å²) in [7, 11) is 0. The Kier molecular flexibility index (Phi) is 5.51. The number of rotatable bonds is 4. The van der Waals surface area contributed by atoms with E-state index >= 15 is 0 Å². The number of hydrogen-bond donors (Lipinski definition) is 0. The molecule has 126 valence electrons. The largest absolute Gasteiger partial charge is 0.462 e. The Hall–Kier alpha value is -2.17. The quantitative estimate of drug-likeness (QED) is 0.386. The molecule has 25 heavy (non-hydrogen) atoms. The van der Waals surface area contributed by atoms with Crippen molar-refractivity contribution in [2.45, 2.75) is 6.92 Å². The molecule has 3 nitrogen and oxygen atoms in total. The molecule has 0 saturated carbocycles. The molecule has 3 rings (SSSR count). The summed E-state index contributed by atoms with van der Waals surface area (Å²) in [6.45, 7) is 2.07. The van der Waals surface area contributed by atoms with Crippen molar-refractivity contribution in [1.29, 1.82) is 0 Å². The lowest BCUT2D eigenvalue weighted by Gasteiger charge is -2.13. The van der Waals surface area contributed by atoms with Gasteiger partial charge >= 0.3 is 5.97 Å². The van der Waals surface area contributed by atoms with Gasteiger partial charge in [0.15, 0.2) is 0 Å². The maximum absolute atomic E-state index is 12.5.